The van der Waals surface area contributed by atoms with Gasteiger partial charge in [0.2, 0.25) is 15.9 Å². The Kier molecular flexibility index (Phi) is 13.5. The number of nitrogens with one attached hydrogen (secondary N) is 2. The van der Waals surface area contributed by atoms with Gasteiger partial charge in [-0.05, 0) is 50.8 Å². The molecule has 16 heteroatoms. The van der Waals surface area contributed by atoms with Gasteiger partial charge in [-0.15, -0.1) is 0 Å². The standard InChI is InChI=1S/C27H37F2N2O10PS/c1-5-40-42(35,41-6-2)27(28,29)20-14-12-19(13-15-20)18-21(31-43(4,36)37)25(33)30-16-7-8-17-39-23-11-9-10-22(32)24(23)26(34)38-3/h9-15,21,31-32H,5-8,16-18H2,1-4H3,(H,30,33)/t21-/m0/s1. The zero-order chi connectivity index (χ0) is 32.3. The van der Waals surface area contributed by atoms with Gasteiger partial charge in [-0.1, -0.05) is 30.3 Å². The molecule has 3 N–H and O–H groups in total. The van der Waals surface area contributed by atoms with Crippen LogP contribution in [-0.4, -0.2) is 71.2 Å². The first-order chi connectivity index (χ1) is 20.2. The molecule has 2 aromatic rings. The van der Waals surface area contributed by atoms with Gasteiger partial charge in [-0.3, -0.25) is 9.36 Å². The SMILES string of the molecule is CCOP(=O)(OCC)C(F)(F)c1ccc(C[C@H](NS(C)(=O)=O)C(=O)NCCCCOc2cccc(O)c2C(=O)OC)cc1. The highest BCUT2D eigenvalue weighted by molar-refractivity contribution is 7.88. The topological polar surface area (TPSA) is 167 Å². The van der Waals surface area contributed by atoms with Gasteiger partial charge in [0.1, 0.15) is 23.1 Å². The second kappa shape index (κ2) is 16.1. The van der Waals surface area contributed by atoms with Crippen molar-refractivity contribution >= 4 is 29.5 Å². The number of halogens is 2. The summed E-state index contributed by atoms with van der Waals surface area (Å²) in [6.07, 6.45) is 1.59. The van der Waals surface area contributed by atoms with Gasteiger partial charge in [0.05, 0.1) is 33.2 Å². The van der Waals surface area contributed by atoms with Gasteiger partial charge in [0, 0.05) is 12.1 Å². The molecule has 0 aromatic heterocycles. The number of sulfonamides is 1. The number of methoxy groups -OCH3 is 1. The van der Waals surface area contributed by atoms with Crippen molar-refractivity contribution in [3.63, 3.8) is 0 Å². The number of unbranched alkanes of at least 4 members (excludes halogenated alkanes) is 1. The van der Waals surface area contributed by atoms with E-state index >= 15 is 8.78 Å². The summed E-state index contributed by atoms with van der Waals surface area (Å²) in [6.45, 7) is 2.63. The van der Waals surface area contributed by atoms with Crippen LogP contribution >= 0.6 is 7.60 Å². The number of ether oxygens (including phenoxy) is 2. The van der Waals surface area contributed by atoms with Crippen LogP contribution in [0, 0.1) is 0 Å². The molecule has 0 heterocycles. The maximum atomic E-state index is 15.0. The molecule has 1 atom stereocenters. The molecule has 0 radical (unpaired) electrons. The molecule has 0 unspecified atom stereocenters. The van der Waals surface area contributed by atoms with Crippen LogP contribution in [0.25, 0.3) is 0 Å². The lowest BCUT2D eigenvalue weighted by atomic mass is 10.0. The summed E-state index contributed by atoms with van der Waals surface area (Å²) in [5.41, 5.74) is -4.31. The Labute approximate surface area is 249 Å². The molecule has 240 valence electrons. The molecule has 43 heavy (non-hydrogen) atoms. The quantitative estimate of drug-likeness (QED) is 0.122. The third kappa shape index (κ3) is 10.2. The zero-order valence-electron chi connectivity index (χ0n) is 24.3. The summed E-state index contributed by atoms with van der Waals surface area (Å²) in [6, 6.07) is 7.67. The third-order valence-corrected chi connectivity index (χ3v) is 8.73. The summed E-state index contributed by atoms with van der Waals surface area (Å²) >= 11 is 0. The summed E-state index contributed by atoms with van der Waals surface area (Å²) in [7, 11) is -7.45. The summed E-state index contributed by atoms with van der Waals surface area (Å²) in [4.78, 5) is 24.7. The van der Waals surface area contributed by atoms with Crippen LogP contribution in [0.3, 0.4) is 0 Å². The minimum atomic E-state index is -4.81. The number of amides is 1. The Morgan fingerprint density at radius 2 is 1.67 bits per heavy atom. The second-order valence-electron chi connectivity index (χ2n) is 9.21. The van der Waals surface area contributed by atoms with Gasteiger partial charge >= 0.3 is 19.2 Å². The molecule has 0 saturated carbocycles. The van der Waals surface area contributed by atoms with E-state index in [2.05, 4.69) is 14.8 Å². The van der Waals surface area contributed by atoms with Gasteiger partial charge in [0.25, 0.3) is 0 Å². The van der Waals surface area contributed by atoms with Crippen LogP contribution in [0.2, 0.25) is 0 Å². The first kappa shape index (κ1) is 36.1. The molecule has 0 aliphatic carbocycles. The lowest BCUT2D eigenvalue weighted by Gasteiger charge is -2.26. The van der Waals surface area contributed by atoms with Crippen molar-refractivity contribution in [1.29, 1.82) is 0 Å². The Morgan fingerprint density at radius 3 is 2.23 bits per heavy atom. The minimum Gasteiger partial charge on any atom is -0.507 e. The van der Waals surface area contributed by atoms with Gasteiger partial charge < -0.3 is 28.9 Å². The van der Waals surface area contributed by atoms with Crippen molar-refractivity contribution < 1.29 is 55.0 Å². The fourth-order valence-electron chi connectivity index (χ4n) is 3.91. The Hall–Kier alpha value is -3.10. The first-order valence-electron chi connectivity index (χ1n) is 13.3. The van der Waals surface area contributed by atoms with Gasteiger partial charge in [-0.2, -0.15) is 8.78 Å². The minimum absolute atomic E-state index is 0.109. The molecule has 2 aromatic carbocycles. The van der Waals surface area contributed by atoms with Crippen molar-refractivity contribution in [2.24, 2.45) is 0 Å². The van der Waals surface area contributed by atoms with E-state index in [4.69, 9.17) is 13.8 Å². The molecular weight excluding hydrogens is 613 g/mol. The summed E-state index contributed by atoms with van der Waals surface area (Å²) in [5, 5.41) is 12.6. The Bertz CT molecular complexity index is 1380. The highest BCUT2D eigenvalue weighted by atomic mass is 32.2. The molecule has 1 amide bonds. The number of phenolic OH excluding ortho intramolecular Hbond substituents is 1. The molecular formula is C27H37F2N2O10PS. The molecule has 0 spiro atoms. The van der Waals surface area contributed by atoms with Crippen molar-refractivity contribution in [2.75, 3.05) is 39.7 Å². The second-order valence-corrected chi connectivity index (χ2v) is 13.1. The number of phenols is 1. The molecule has 0 fully saturated rings. The predicted octanol–water partition coefficient (Wildman–Crippen LogP) is 3.93. The van der Waals surface area contributed by atoms with E-state index < -0.39 is 46.8 Å². The van der Waals surface area contributed by atoms with Crippen LogP contribution in [0.4, 0.5) is 8.78 Å². The van der Waals surface area contributed by atoms with Crippen molar-refractivity contribution in [2.45, 2.75) is 44.8 Å². The number of hydrogen-bond donors (Lipinski definition) is 3. The average Bonchev–Trinajstić information content (AvgIpc) is 2.94. The van der Waals surface area contributed by atoms with Crippen molar-refractivity contribution in [3.8, 4) is 11.5 Å². The first-order valence-corrected chi connectivity index (χ1v) is 16.8. The zero-order valence-corrected chi connectivity index (χ0v) is 26.0. The smallest absolute Gasteiger partial charge is 0.404 e. The largest absolute Gasteiger partial charge is 0.507 e. The normalized spacial score (nSPS) is 12.9. The van der Waals surface area contributed by atoms with E-state index in [1.54, 1.807) is 0 Å². The van der Waals surface area contributed by atoms with Crippen molar-refractivity contribution in [1.82, 2.24) is 10.0 Å². The predicted molar refractivity (Wildman–Crippen MR) is 154 cm³/mol. The number of hydrogen-bond acceptors (Lipinski definition) is 10. The highest BCUT2D eigenvalue weighted by Gasteiger charge is 2.54. The van der Waals surface area contributed by atoms with Gasteiger partial charge in [-0.25, -0.2) is 17.9 Å². The Morgan fingerprint density at radius 1 is 1.05 bits per heavy atom. The third-order valence-electron chi connectivity index (χ3n) is 5.88. The van der Waals surface area contributed by atoms with Crippen LogP contribution < -0.4 is 14.8 Å². The molecule has 2 rings (SSSR count). The average molecular weight is 651 g/mol. The summed E-state index contributed by atoms with van der Waals surface area (Å²) in [5.74, 6) is -1.56. The fourth-order valence-corrected chi connectivity index (χ4v) is 6.16. The van der Waals surface area contributed by atoms with Crippen LogP contribution in [-0.2, 0) is 45.3 Å². The van der Waals surface area contributed by atoms with Crippen LogP contribution in [0.1, 0.15) is 48.2 Å². The number of esters is 1. The molecule has 0 aliphatic heterocycles. The molecule has 0 bridgehead atoms. The molecule has 12 nitrogen and oxygen atoms in total. The van der Waals surface area contributed by atoms with E-state index in [-0.39, 0.29) is 49.8 Å². The number of aromatic hydroxyl groups is 1. The maximum absolute atomic E-state index is 15.0. The van der Waals surface area contributed by atoms with Crippen molar-refractivity contribution in [3.05, 3.63) is 59.2 Å². The van der Waals surface area contributed by atoms with Crippen LogP contribution in [0.5, 0.6) is 11.5 Å². The van der Waals surface area contributed by atoms with E-state index in [0.29, 0.717) is 18.4 Å². The number of benzene rings is 2. The fraction of sp³-hybridized carbons (Fsp3) is 0.481. The van der Waals surface area contributed by atoms with E-state index in [9.17, 15) is 27.7 Å². The lowest BCUT2D eigenvalue weighted by Crippen LogP contribution is -2.47. The number of rotatable bonds is 18. The number of alkyl halides is 2. The van der Waals surface area contributed by atoms with Gasteiger partial charge in [0.15, 0.2) is 0 Å². The van der Waals surface area contributed by atoms with E-state index in [0.717, 1.165) is 18.4 Å². The molecule has 0 saturated heterocycles. The summed E-state index contributed by atoms with van der Waals surface area (Å²) < 4.78 is 88.6. The highest BCUT2D eigenvalue weighted by Crippen LogP contribution is 2.66. The van der Waals surface area contributed by atoms with Crippen LogP contribution in [0.15, 0.2) is 42.5 Å². The maximum Gasteiger partial charge on any atom is 0.404 e. The monoisotopic (exact) mass is 650 g/mol. The number of carbonyl (C=O) groups excluding carboxylic acids is 2. The lowest BCUT2D eigenvalue weighted by molar-refractivity contribution is -0.122. The Balaban J connectivity index is 2.00. The molecule has 0 aliphatic rings. The van der Waals surface area contributed by atoms with E-state index in [1.165, 1.54) is 51.3 Å². The van der Waals surface area contributed by atoms with E-state index in [1.807, 2.05) is 0 Å². The number of carbonyl (C=O) groups is 2.